The van der Waals surface area contributed by atoms with Gasteiger partial charge in [-0.15, -0.1) is 0 Å². The first kappa shape index (κ1) is 20.7. The van der Waals surface area contributed by atoms with Crippen molar-refractivity contribution in [2.45, 2.75) is 6.92 Å². The molecule has 1 heterocycles. The third-order valence-corrected chi connectivity index (χ3v) is 4.64. The van der Waals surface area contributed by atoms with Crippen molar-refractivity contribution in [3.05, 3.63) is 63.8 Å². The van der Waals surface area contributed by atoms with Crippen LogP contribution in [-0.4, -0.2) is 31.5 Å². The van der Waals surface area contributed by atoms with Gasteiger partial charge in [0.2, 0.25) is 0 Å². The van der Waals surface area contributed by atoms with Crippen molar-refractivity contribution in [2.75, 3.05) is 23.9 Å². The first-order valence-electron chi connectivity index (χ1n) is 8.53. The summed E-state index contributed by atoms with van der Waals surface area (Å²) in [5.74, 6) is -1.62. The van der Waals surface area contributed by atoms with Crippen molar-refractivity contribution >= 4 is 52.4 Å². The highest BCUT2D eigenvalue weighted by molar-refractivity contribution is 6.53. The van der Waals surface area contributed by atoms with E-state index in [-0.39, 0.29) is 28.8 Å². The van der Waals surface area contributed by atoms with Crippen LogP contribution in [0.1, 0.15) is 17.3 Å². The van der Waals surface area contributed by atoms with Gasteiger partial charge in [-0.1, -0.05) is 29.3 Å². The molecule has 0 radical (unpaired) electrons. The number of carbonyl (C=O) groups is 3. The van der Waals surface area contributed by atoms with Gasteiger partial charge in [-0.25, -0.2) is 9.69 Å². The van der Waals surface area contributed by atoms with Gasteiger partial charge in [0.25, 0.3) is 11.8 Å². The molecule has 29 heavy (non-hydrogen) atoms. The van der Waals surface area contributed by atoms with E-state index in [1.54, 1.807) is 37.3 Å². The molecule has 0 unspecified atom stereocenters. The van der Waals surface area contributed by atoms with Crippen molar-refractivity contribution in [1.82, 2.24) is 0 Å². The molecule has 0 saturated carbocycles. The highest BCUT2D eigenvalue weighted by Crippen LogP contribution is 2.37. The number of ether oxygens (including phenoxy) is 2. The molecule has 0 aliphatic carbocycles. The van der Waals surface area contributed by atoms with E-state index in [0.717, 1.165) is 4.90 Å². The van der Waals surface area contributed by atoms with Crippen LogP contribution in [0.3, 0.4) is 0 Å². The monoisotopic (exact) mass is 434 g/mol. The molecule has 2 aromatic rings. The van der Waals surface area contributed by atoms with Gasteiger partial charge in [0.1, 0.15) is 16.5 Å². The maximum atomic E-state index is 12.9. The fraction of sp³-hybridized carbons (Fsp3) is 0.150. The Labute approximate surface area is 176 Å². The van der Waals surface area contributed by atoms with E-state index >= 15 is 0 Å². The lowest BCUT2D eigenvalue weighted by Gasteiger charge is -2.18. The molecule has 2 amide bonds. The number of benzene rings is 2. The van der Waals surface area contributed by atoms with Crippen molar-refractivity contribution in [3.8, 4) is 5.75 Å². The molecule has 0 spiro atoms. The Morgan fingerprint density at radius 3 is 2.55 bits per heavy atom. The van der Waals surface area contributed by atoms with E-state index in [9.17, 15) is 14.4 Å². The zero-order valence-electron chi connectivity index (χ0n) is 15.5. The quantitative estimate of drug-likeness (QED) is 0.546. The largest absolute Gasteiger partial charge is 0.495 e. The second-order valence-electron chi connectivity index (χ2n) is 5.88. The SMILES string of the molecule is CCOC(=O)c1cccc(NC2=C(Cl)C(=O)N(c3cc(Cl)ccc3OC)C2=O)c1. The Kier molecular flexibility index (Phi) is 6.10. The van der Waals surface area contributed by atoms with E-state index in [2.05, 4.69) is 5.32 Å². The molecule has 0 bridgehead atoms. The van der Waals surface area contributed by atoms with Crippen molar-refractivity contribution < 1.29 is 23.9 Å². The van der Waals surface area contributed by atoms with Gasteiger partial charge < -0.3 is 14.8 Å². The first-order chi connectivity index (χ1) is 13.9. The van der Waals surface area contributed by atoms with Crippen LogP contribution in [0, 0.1) is 0 Å². The van der Waals surface area contributed by atoms with Gasteiger partial charge in [0.05, 0.1) is 25.0 Å². The van der Waals surface area contributed by atoms with E-state index in [1.165, 1.54) is 19.2 Å². The third-order valence-electron chi connectivity index (χ3n) is 4.05. The highest BCUT2D eigenvalue weighted by Gasteiger charge is 2.40. The Balaban J connectivity index is 1.92. The van der Waals surface area contributed by atoms with Crippen LogP contribution >= 0.6 is 23.2 Å². The van der Waals surface area contributed by atoms with Crippen LogP contribution in [0.4, 0.5) is 11.4 Å². The third kappa shape index (κ3) is 4.06. The summed E-state index contributed by atoms with van der Waals surface area (Å²) in [5, 5.41) is 2.84. The molecule has 2 aromatic carbocycles. The summed E-state index contributed by atoms with van der Waals surface area (Å²) >= 11 is 12.2. The topological polar surface area (TPSA) is 84.9 Å². The number of hydrogen-bond acceptors (Lipinski definition) is 6. The van der Waals surface area contributed by atoms with E-state index in [4.69, 9.17) is 32.7 Å². The number of halogens is 2. The maximum absolute atomic E-state index is 12.9. The molecule has 7 nitrogen and oxygen atoms in total. The minimum atomic E-state index is -0.721. The van der Waals surface area contributed by atoms with Crippen LogP contribution in [-0.2, 0) is 14.3 Å². The lowest BCUT2D eigenvalue weighted by Crippen LogP contribution is -2.32. The summed E-state index contributed by atoms with van der Waals surface area (Å²) < 4.78 is 10.2. The summed E-state index contributed by atoms with van der Waals surface area (Å²) in [7, 11) is 1.41. The molecule has 1 aliphatic heterocycles. The standard InChI is InChI=1S/C20H16Cl2N2O5/c1-3-29-20(27)11-5-4-6-13(9-11)23-17-16(22)18(25)24(19(17)26)14-10-12(21)7-8-15(14)28-2/h4-10,23H,3H2,1-2H3. The zero-order valence-corrected chi connectivity index (χ0v) is 17.0. The number of esters is 1. The Bertz CT molecular complexity index is 1040. The zero-order chi connectivity index (χ0) is 21.1. The lowest BCUT2D eigenvalue weighted by atomic mass is 10.2. The predicted octanol–water partition coefficient (Wildman–Crippen LogP) is 3.96. The fourth-order valence-electron chi connectivity index (χ4n) is 2.75. The number of nitrogens with one attached hydrogen (secondary N) is 1. The number of anilines is 2. The van der Waals surface area contributed by atoms with Gasteiger partial charge >= 0.3 is 5.97 Å². The average Bonchev–Trinajstić information content (AvgIpc) is 2.91. The number of methoxy groups -OCH3 is 1. The Morgan fingerprint density at radius 1 is 1.10 bits per heavy atom. The minimum absolute atomic E-state index is 0.125. The molecular weight excluding hydrogens is 419 g/mol. The van der Waals surface area contributed by atoms with Crippen molar-refractivity contribution in [1.29, 1.82) is 0 Å². The van der Waals surface area contributed by atoms with Crippen LogP contribution in [0.15, 0.2) is 53.2 Å². The molecule has 0 fully saturated rings. The van der Waals surface area contributed by atoms with Crippen LogP contribution in [0.5, 0.6) is 5.75 Å². The van der Waals surface area contributed by atoms with Crippen LogP contribution in [0.2, 0.25) is 5.02 Å². The first-order valence-corrected chi connectivity index (χ1v) is 9.29. The molecule has 1 aliphatic rings. The van der Waals surface area contributed by atoms with Crippen LogP contribution < -0.4 is 15.0 Å². The minimum Gasteiger partial charge on any atom is -0.495 e. The van der Waals surface area contributed by atoms with E-state index in [1.807, 2.05) is 0 Å². The van der Waals surface area contributed by atoms with E-state index in [0.29, 0.717) is 16.3 Å². The molecular formula is C20H16Cl2N2O5. The number of amides is 2. The Morgan fingerprint density at radius 2 is 1.86 bits per heavy atom. The van der Waals surface area contributed by atoms with Crippen LogP contribution in [0.25, 0.3) is 0 Å². The molecule has 150 valence electrons. The number of rotatable bonds is 6. The smallest absolute Gasteiger partial charge is 0.338 e. The molecule has 0 aromatic heterocycles. The summed E-state index contributed by atoms with van der Waals surface area (Å²) in [5.41, 5.74) is 0.730. The van der Waals surface area contributed by atoms with Gasteiger partial charge in [-0.3, -0.25) is 9.59 Å². The van der Waals surface area contributed by atoms with Gasteiger partial charge in [0, 0.05) is 10.7 Å². The van der Waals surface area contributed by atoms with Crippen molar-refractivity contribution in [2.24, 2.45) is 0 Å². The van der Waals surface area contributed by atoms with Crippen molar-refractivity contribution in [3.63, 3.8) is 0 Å². The highest BCUT2D eigenvalue weighted by atomic mass is 35.5. The summed E-state index contributed by atoms with van der Waals surface area (Å²) in [6.45, 7) is 1.93. The Hall–Kier alpha value is -3.03. The molecule has 3 rings (SSSR count). The second kappa shape index (κ2) is 8.55. The van der Waals surface area contributed by atoms with Gasteiger partial charge in [-0.05, 0) is 43.3 Å². The summed E-state index contributed by atoms with van der Waals surface area (Å²) in [4.78, 5) is 38.4. The molecule has 0 saturated heterocycles. The van der Waals surface area contributed by atoms with E-state index < -0.39 is 17.8 Å². The fourth-order valence-corrected chi connectivity index (χ4v) is 3.13. The predicted molar refractivity (Wildman–Crippen MR) is 109 cm³/mol. The normalized spacial score (nSPS) is 13.7. The molecule has 9 heteroatoms. The molecule has 1 N–H and O–H groups in total. The number of hydrogen-bond donors (Lipinski definition) is 1. The number of imide groups is 1. The lowest BCUT2D eigenvalue weighted by molar-refractivity contribution is -0.120. The number of nitrogens with zero attached hydrogens (tertiary/aromatic N) is 1. The maximum Gasteiger partial charge on any atom is 0.338 e. The molecule has 0 atom stereocenters. The average molecular weight is 435 g/mol. The number of carbonyl (C=O) groups excluding carboxylic acids is 3. The second-order valence-corrected chi connectivity index (χ2v) is 6.69. The summed E-state index contributed by atoms with van der Waals surface area (Å²) in [6.07, 6.45) is 0. The van der Waals surface area contributed by atoms with Gasteiger partial charge in [-0.2, -0.15) is 0 Å². The summed E-state index contributed by atoms with van der Waals surface area (Å²) in [6, 6.07) is 10.9. The van der Waals surface area contributed by atoms with Gasteiger partial charge in [0.15, 0.2) is 0 Å².